The highest BCUT2D eigenvalue weighted by Gasteiger charge is 2.44. The Balaban J connectivity index is 1.28. The number of hydrogen-bond acceptors (Lipinski definition) is 4. The van der Waals surface area contributed by atoms with Crippen molar-refractivity contribution in [2.24, 2.45) is 0 Å². The first kappa shape index (κ1) is 44.6. The van der Waals surface area contributed by atoms with Crippen molar-refractivity contribution in [3.63, 3.8) is 0 Å². The first-order valence-corrected chi connectivity index (χ1v) is 24.3. The van der Waals surface area contributed by atoms with Gasteiger partial charge >= 0.3 is 0 Å². The summed E-state index contributed by atoms with van der Waals surface area (Å²) in [5.74, 6) is 1.86. The highest BCUT2D eigenvalue weighted by molar-refractivity contribution is 6.99. The van der Waals surface area contributed by atoms with Gasteiger partial charge in [0.25, 0.3) is 6.71 Å². The maximum absolute atomic E-state index is 7.25. The van der Waals surface area contributed by atoms with E-state index in [9.17, 15) is 0 Å². The summed E-state index contributed by atoms with van der Waals surface area (Å²) >= 11 is 0. The summed E-state index contributed by atoms with van der Waals surface area (Å²) in [4.78, 5) is 4.92. The molecule has 0 radical (unpaired) electrons. The standard InChI is InChI=1S/C62H67BN2O2/c1-58(2,3)38-20-26-43(27-21-38)64(44-28-22-39(23-29-44)59(4,5)6)48-32-33-49(57-55(48)45-18-16-17-19-52(45)67-57)65-50-34-40(60(7,8)9)24-30-46(50)63-47-31-25-41(61(10,11)12)36-53(47)66-54-37-42(62(13,14)15)35-51(65)56(54)63/h16-37H,1-15H3. The van der Waals surface area contributed by atoms with E-state index >= 15 is 0 Å². The molecule has 0 bridgehead atoms. The van der Waals surface area contributed by atoms with E-state index in [2.05, 4.69) is 247 Å². The second-order valence-electron chi connectivity index (χ2n) is 24.4. The lowest BCUT2D eigenvalue weighted by molar-refractivity contribution is 0.479. The molecule has 1 aromatic heterocycles. The minimum Gasteiger partial charge on any atom is -0.458 e. The molecule has 8 aromatic rings. The number of para-hydroxylation sites is 1. The SMILES string of the molecule is CC(C)(C)c1ccc(N(c2ccc(C(C)(C)C)cc2)c2ccc(N3c4cc(C(C)(C)C)ccc4B4c5ccc(C(C)(C)C)cc5Oc5cc(C(C)(C)C)cc3c54)c3oc4ccccc4c23)cc1. The van der Waals surface area contributed by atoms with Crippen LogP contribution in [0.3, 0.4) is 0 Å². The Hall–Kier alpha value is -6.20. The number of fused-ring (bicyclic) bond motifs is 7. The minimum absolute atomic E-state index is 0.0224. The lowest BCUT2D eigenvalue weighted by Crippen LogP contribution is -2.59. The monoisotopic (exact) mass is 883 g/mol. The molecule has 7 aromatic carbocycles. The topological polar surface area (TPSA) is 28.9 Å². The van der Waals surface area contributed by atoms with Gasteiger partial charge in [0.15, 0.2) is 5.58 Å². The van der Waals surface area contributed by atoms with E-state index in [1.807, 2.05) is 0 Å². The van der Waals surface area contributed by atoms with Gasteiger partial charge in [0.2, 0.25) is 0 Å². The van der Waals surface area contributed by atoms with Crippen LogP contribution < -0.4 is 30.9 Å². The highest BCUT2D eigenvalue weighted by Crippen LogP contribution is 2.51. The quantitative estimate of drug-likeness (QED) is 0.165. The van der Waals surface area contributed by atoms with Gasteiger partial charge < -0.3 is 19.0 Å². The molecule has 0 spiro atoms. The van der Waals surface area contributed by atoms with Gasteiger partial charge in [0.1, 0.15) is 17.1 Å². The van der Waals surface area contributed by atoms with Crippen LogP contribution in [0.25, 0.3) is 21.9 Å². The zero-order valence-corrected chi connectivity index (χ0v) is 42.5. The third-order valence-corrected chi connectivity index (χ3v) is 14.3. The first-order valence-electron chi connectivity index (χ1n) is 24.3. The molecule has 67 heavy (non-hydrogen) atoms. The lowest BCUT2D eigenvalue weighted by atomic mass is 9.34. The Kier molecular flexibility index (Phi) is 10.1. The number of nitrogens with zero attached hydrogens (tertiary/aromatic N) is 2. The predicted octanol–water partition coefficient (Wildman–Crippen LogP) is 15.9. The highest BCUT2D eigenvalue weighted by atomic mass is 16.5. The van der Waals surface area contributed by atoms with Crippen molar-refractivity contribution in [2.75, 3.05) is 9.80 Å². The Morgan fingerprint density at radius 2 is 0.925 bits per heavy atom. The van der Waals surface area contributed by atoms with Gasteiger partial charge in [-0.1, -0.05) is 171 Å². The maximum atomic E-state index is 7.25. The molecular weight excluding hydrogens is 816 g/mol. The van der Waals surface area contributed by atoms with Crippen LogP contribution in [0.5, 0.6) is 11.5 Å². The molecule has 0 aliphatic carbocycles. The molecule has 0 amide bonds. The molecule has 0 fully saturated rings. The molecular formula is C62H67BN2O2. The summed E-state index contributed by atoms with van der Waals surface area (Å²) in [6.07, 6.45) is 0. The fraction of sp³-hybridized carbons (Fsp3) is 0.323. The van der Waals surface area contributed by atoms with Crippen LogP contribution in [0, 0.1) is 0 Å². The Bertz CT molecular complexity index is 3170. The number of anilines is 6. The van der Waals surface area contributed by atoms with Crippen LogP contribution in [-0.4, -0.2) is 6.71 Å². The van der Waals surface area contributed by atoms with E-state index < -0.39 is 0 Å². The zero-order chi connectivity index (χ0) is 47.7. The van der Waals surface area contributed by atoms with Crippen LogP contribution in [0.4, 0.5) is 34.1 Å². The third kappa shape index (κ3) is 7.63. The lowest BCUT2D eigenvalue weighted by Gasteiger charge is -2.42. The Labute approximate surface area is 400 Å². The van der Waals surface area contributed by atoms with Gasteiger partial charge in [-0.05, 0) is 138 Å². The Morgan fingerprint density at radius 3 is 1.49 bits per heavy atom. The van der Waals surface area contributed by atoms with Crippen molar-refractivity contribution in [3.8, 4) is 11.5 Å². The maximum Gasteiger partial charge on any atom is 0.256 e. The molecule has 0 saturated heterocycles. The van der Waals surface area contributed by atoms with Crippen LogP contribution in [0.1, 0.15) is 132 Å². The van der Waals surface area contributed by atoms with Crippen molar-refractivity contribution >= 4 is 79.2 Å². The molecule has 0 unspecified atom stereocenters. The molecule has 5 heteroatoms. The predicted molar refractivity (Wildman–Crippen MR) is 288 cm³/mol. The molecule has 0 N–H and O–H groups in total. The molecule has 10 rings (SSSR count). The van der Waals surface area contributed by atoms with Crippen LogP contribution >= 0.6 is 0 Å². The second-order valence-corrected chi connectivity index (χ2v) is 24.4. The van der Waals surface area contributed by atoms with Gasteiger partial charge in [0, 0.05) is 28.1 Å². The van der Waals surface area contributed by atoms with Crippen LogP contribution in [0.15, 0.2) is 138 Å². The second kappa shape index (κ2) is 15.2. The van der Waals surface area contributed by atoms with Crippen molar-refractivity contribution < 1.29 is 9.15 Å². The van der Waals surface area contributed by atoms with E-state index in [1.54, 1.807) is 0 Å². The van der Waals surface area contributed by atoms with E-state index in [1.165, 1.54) is 44.2 Å². The molecule has 2 aliphatic heterocycles. The van der Waals surface area contributed by atoms with Crippen molar-refractivity contribution in [1.29, 1.82) is 0 Å². The number of hydrogen-bond donors (Lipinski definition) is 0. The summed E-state index contributed by atoms with van der Waals surface area (Å²) in [5.41, 5.74) is 18.0. The third-order valence-electron chi connectivity index (χ3n) is 14.3. The summed E-state index contributed by atoms with van der Waals surface area (Å²) in [7, 11) is 0. The van der Waals surface area contributed by atoms with E-state index in [-0.39, 0.29) is 33.8 Å². The smallest absolute Gasteiger partial charge is 0.256 e. The summed E-state index contributed by atoms with van der Waals surface area (Å²) in [5, 5.41) is 2.15. The minimum atomic E-state index is -0.152. The molecule has 0 saturated carbocycles. The van der Waals surface area contributed by atoms with Crippen LogP contribution in [0.2, 0.25) is 0 Å². The van der Waals surface area contributed by atoms with Crippen molar-refractivity contribution in [1.82, 2.24) is 0 Å². The number of ether oxygens (including phenoxy) is 1. The molecule has 4 nitrogen and oxygen atoms in total. The fourth-order valence-corrected chi connectivity index (χ4v) is 10.2. The number of benzene rings is 7. The summed E-state index contributed by atoms with van der Waals surface area (Å²) in [6.45, 7) is 34.3. The van der Waals surface area contributed by atoms with E-state index in [0.29, 0.717) is 0 Å². The average molecular weight is 883 g/mol. The van der Waals surface area contributed by atoms with Gasteiger partial charge in [-0.2, -0.15) is 0 Å². The largest absolute Gasteiger partial charge is 0.458 e. The molecule has 0 atom stereocenters. The molecule has 3 heterocycles. The van der Waals surface area contributed by atoms with Gasteiger partial charge in [-0.3, -0.25) is 0 Å². The van der Waals surface area contributed by atoms with Gasteiger partial charge in [-0.25, -0.2) is 0 Å². The normalized spacial score (nSPS) is 14.0. The average Bonchev–Trinajstić information content (AvgIpc) is 3.65. The van der Waals surface area contributed by atoms with Crippen LogP contribution in [-0.2, 0) is 27.1 Å². The van der Waals surface area contributed by atoms with E-state index in [4.69, 9.17) is 9.15 Å². The molecule has 340 valence electrons. The number of rotatable bonds is 4. The summed E-state index contributed by atoms with van der Waals surface area (Å²) < 4.78 is 14.4. The number of furan rings is 1. The van der Waals surface area contributed by atoms with Gasteiger partial charge in [-0.15, -0.1) is 0 Å². The summed E-state index contributed by atoms with van der Waals surface area (Å²) in [6, 6.07) is 50.3. The molecule has 2 aliphatic rings. The van der Waals surface area contributed by atoms with Gasteiger partial charge in [0.05, 0.1) is 16.8 Å². The van der Waals surface area contributed by atoms with Crippen molar-refractivity contribution in [2.45, 2.75) is 131 Å². The van der Waals surface area contributed by atoms with E-state index in [0.717, 1.165) is 67.6 Å². The van der Waals surface area contributed by atoms with Crippen molar-refractivity contribution in [3.05, 3.63) is 161 Å². The fourth-order valence-electron chi connectivity index (χ4n) is 10.2. The first-order chi connectivity index (χ1) is 31.4. The Morgan fingerprint density at radius 1 is 0.433 bits per heavy atom. The zero-order valence-electron chi connectivity index (χ0n) is 42.5.